The molecule has 642 valence electrons. The zero-order valence-corrected chi connectivity index (χ0v) is 68.0. The quantitative estimate of drug-likeness (QED) is 0.0169. The van der Waals surface area contributed by atoms with Crippen molar-refractivity contribution in [3.05, 3.63) is 35.9 Å². The molecule has 0 bridgehead atoms. The molecule has 0 saturated carbocycles. The summed E-state index contributed by atoms with van der Waals surface area (Å²) in [4.78, 5) is 185. The molecule has 12 amide bonds. The summed E-state index contributed by atoms with van der Waals surface area (Å²) in [5.41, 5.74) is 70.0. The first kappa shape index (κ1) is 101. The van der Waals surface area contributed by atoms with Crippen LogP contribution in [0.1, 0.15) is 202 Å². The average Bonchev–Trinajstić information content (AvgIpc) is 0.850. The summed E-state index contributed by atoms with van der Waals surface area (Å²) in [6.07, 6.45) is 5.13. The molecular weight excluding hydrogens is 1460 g/mol. The summed E-state index contributed by atoms with van der Waals surface area (Å²) in [5, 5.41) is 30.5. The lowest BCUT2D eigenvalue weighted by Gasteiger charge is -2.30. The predicted octanol–water partition coefficient (Wildman–Crippen LogP) is -3.76. The first-order valence-electron chi connectivity index (χ1n) is 40.1. The SMILES string of the molecule is CC[C@H](C)[C@H](N)C(=O)N[C@@H](CCCCN)C(=O)N[C@H](C(=O)N[C@@H](CCCCN)C(=O)N[C@@H](CCCN=C(N)N)C(=O)N[C@@H](CCCN=C(N)N)C(=O)N[C@@H](CCCN=C(N)N)C(=O)N[C@@H](Cc1ccccc1)C(=O)N[C@@H](CCCCN)C(=O)N[C@H](C(=O)N[C@@H](CCCCN)C(=O)N[C@H](C(N)=O)[C@@H](C)CC)[C@@H](C)CC)[C@@H](C)CC. The van der Waals surface area contributed by atoms with Gasteiger partial charge in [0.2, 0.25) is 70.9 Å². The molecule has 0 heterocycles. The number of amides is 12. The van der Waals surface area contributed by atoms with Crippen molar-refractivity contribution in [1.29, 1.82) is 0 Å². The largest absolute Gasteiger partial charge is 0.370 e. The Morgan fingerprint density at radius 3 is 0.814 bits per heavy atom. The number of nitrogens with two attached hydrogens (primary N) is 12. The molecule has 0 spiro atoms. The summed E-state index contributed by atoms with van der Waals surface area (Å²) in [6, 6.07) is -6.82. The minimum atomic E-state index is -1.52. The van der Waals surface area contributed by atoms with Gasteiger partial charge in [-0.25, -0.2) is 0 Å². The molecule has 35 N–H and O–H groups in total. The van der Waals surface area contributed by atoms with Crippen LogP contribution in [0.5, 0.6) is 0 Å². The molecule has 0 aliphatic heterocycles. The van der Waals surface area contributed by atoms with Gasteiger partial charge in [0.15, 0.2) is 17.9 Å². The highest BCUT2D eigenvalue weighted by atomic mass is 16.2. The van der Waals surface area contributed by atoms with Gasteiger partial charge in [-0.05, 0) is 171 Å². The molecule has 0 aliphatic carbocycles. The van der Waals surface area contributed by atoms with Crippen LogP contribution in [0.4, 0.5) is 0 Å². The second-order valence-corrected chi connectivity index (χ2v) is 29.1. The number of rotatable bonds is 61. The van der Waals surface area contributed by atoms with E-state index < -0.39 is 155 Å². The van der Waals surface area contributed by atoms with Crippen molar-refractivity contribution in [3.63, 3.8) is 0 Å². The van der Waals surface area contributed by atoms with E-state index in [1.807, 2.05) is 27.7 Å². The number of unbranched alkanes of at least 4 members (excludes halogenated alkanes) is 4. The van der Waals surface area contributed by atoms with Crippen molar-refractivity contribution in [2.75, 3.05) is 45.8 Å². The van der Waals surface area contributed by atoms with Gasteiger partial charge in [-0.1, -0.05) is 111 Å². The fourth-order valence-electron chi connectivity index (χ4n) is 12.0. The minimum absolute atomic E-state index is 0.00648. The fourth-order valence-corrected chi connectivity index (χ4v) is 12.0. The number of carbonyl (C=O) groups is 12. The maximum Gasteiger partial charge on any atom is 0.243 e. The van der Waals surface area contributed by atoms with Crippen molar-refractivity contribution in [3.8, 4) is 0 Å². The molecular formula is C75H140N26O12. The highest BCUT2D eigenvalue weighted by Crippen LogP contribution is 2.18. The molecule has 1 rings (SSSR count). The van der Waals surface area contributed by atoms with Gasteiger partial charge in [0.25, 0.3) is 0 Å². The lowest BCUT2D eigenvalue weighted by atomic mass is 9.96. The summed E-state index contributed by atoms with van der Waals surface area (Å²) >= 11 is 0. The van der Waals surface area contributed by atoms with Crippen LogP contribution in [0.15, 0.2) is 45.3 Å². The third kappa shape index (κ3) is 40.7. The predicted molar refractivity (Wildman–Crippen MR) is 438 cm³/mol. The van der Waals surface area contributed by atoms with Gasteiger partial charge in [-0.2, -0.15) is 0 Å². The van der Waals surface area contributed by atoms with E-state index in [0.29, 0.717) is 95.7 Å². The standard InChI is InChI=1S/C75H140N26O12/c1-9-44(5)57(80)70(111)95-51(31-18-22-38-78)68(109)101-59(46(7)11-3)71(112)96-49(29-16-20-36-76)62(103)91-53(33-24-40-88-73(82)83)63(104)92-54(34-25-41-89-74(84)85)64(105)93-55(35-26-42-90-75(86)87)65(106)98-56(43-48-27-14-13-15-28-48)69(110)94-50(30-17-21-37-77)67(108)100-60(47(8)12-4)72(113)97-52(32-19-23-39-79)66(107)99-58(61(81)102)45(6)10-2/h13-15,27-28,44-47,49-60H,9-12,16-26,29-43,76-80H2,1-8H3,(H2,81,102)(H,91,103)(H,92,104)(H,93,105)(H,94,110)(H,95,111)(H,96,112)(H,97,113)(H,98,106)(H,99,107)(H,100,108)(H,101,109)(H4,82,83,88)(H4,84,85,89)(H4,86,87,90)/t44-,45-,46-,47-,49-,50-,51-,52-,53-,54-,55-,56-,57-,58-,59-,60-/m0/s1. The topological polar surface area (TPSA) is 686 Å². The minimum Gasteiger partial charge on any atom is -0.370 e. The Morgan fingerprint density at radius 2 is 0.540 bits per heavy atom. The van der Waals surface area contributed by atoms with E-state index in [2.05, 4.69) is 73.5 Å². The van der Waals surface area contributed by atoms with E-state index in [9.17, 15) is 43.2 Å². The number of aliphatic imine (C=N–C) groups is 3. The number of carbonyl (C=O) groups excluding carboxylic acids is 12. The molecule has 0 radical (unpaired) electrons. The van der Waals surface area contributed by atoms with E-state index in [-0.39, 0.29) is 133 Å². The van der Waals surface area contributed by atoms with Gasteiger partial charge < -0.3 is 127 Å². The Balaban J connectivity index is 4.06. The molecule has 113 heavy (non-hydrogen) atoms. The number of hydrogen-bond acceptors (Lipinski definition) is 20. The lowest BCUT2D eigenvalue weighted by molar-refractivity contribution is -0.137. The monoisotopic (exact) mass is 1600 g/mol. The zero-order valence-electron chi connectivity index (χ0n) is 68.0. The van der Waals surface area contributed by atoms with Crippen LogP contribution in [-0.2, 0) is 64.0 Å². The second kappa shape index (κ2) is 57.5. The van der Waals surface area contributed by atoms with Crippen molar-refractivity contribution in [2.24, 2.45) is 107 Å². The van der Waals surface area contributed by atoms with Gasteiger partial charge in [-0.15, -0.1) is 0 Å². The third-order valence-corrected chi connectivity index (χ3v) is 19.9. The highest BCUT2D eigenvalue weighted by Gasteiger charge is 2.39. The van der Waals surface area contributed by atoms with Crippen molar-refractivity contribution < 1.29 is 57.5 Å². The maximum atomic E-state index is 15.1. The number of hydrogen-bond donors (Lipinski definition) is 23. The summed E-state index contributed by atoms with van der Waals surface area (Å²) in [6.45, 7) is 15.3. The molecule has 0 aromatic heterocycles. The Bertz CT molecular complexity index is 3160. The summed E-state index contributed by atoms with van der Waals surface area (Å²) < 4.78 is 0. The van der Waals surface area contributed by atoms with Gasteiger partial charge in [-0.3, -0.25) is 72.5 Å². The maximum absolute atomic E-state index is 15.1. The van der Waals surface area contributed by atoms with Crippen molar-refractivity contribution in [2.45, 2.75) is 276 Å². The number of nitrogens with one attached hydrogen (secondary N) is 11. The molecule has 0 unspecified atom stereocenters. The molecule has 0 saturated heterocycles. The van der Waals surface area contributed by atoms with Crippen LogP contribution in [-0.4, -0.2) is 207 Å². The number of nitrogens with zero attached hydrogens (tertiary/aromatic N) is 3. The van der Waals surface area contributed by atoms with E-state index in [0.717, 1.165) is 0 Å². The van der Waals surface area contributed by atoms with E-state index >= 15 is 14.4 Å². The first-order valence-corrected chi connectivity index (χ1v) is 40.1. The van der Waals surface area contributed by atoms with Gasteiger partial charge in [0.1, 0.15) is 66.5 Å². The first-order chi connectivity index (χ1) is 53.7. The van der Waals surface area contributed by atoms with Crippen LogP contribution in [0.3, 0.4) is 0 Å². The smallest absolute Gasteiger partial charge is 0.243 e. The number of benzene rings is 1. The Kier molecular flexibility index (Phi) is 51.6. The van der Waals surface area contributed by atoms with Crippen LogP contribution in [0.25, 0.3) is 0 Å². The lowest BCUT2D eigenvalue weighted by Crippen LogP contribution is -2.61. The van der Waals surface area contributed by atoms with Crippen molar-refractivity contribution in [1.82, 2.24) is 58.5 Å². The van der Waals surface area contributed by atoms with Crippen molar-refractivity contribution >= 4 is 88.8 Å². The van der Waals surface area contributed by atoms with Gasteiger partial charge in [0, 0.05) is 26.1 Å². The van der Waals surface area contributed by atoms with Crippen LogP contribution < -0.4 is 127 Å². The molecule has 38 heteroatoms. The van der Waals surface area contributed by atoms with Crippen LogP contribution in [0, 0.1) is 23.7 Å². The van der Waals surface area contributed by atoms with Gasteiger partial charge >= 0.3 is 0 Å². The Morgan fingerprint density at radius 1 is 0.301 bits per heavy atom. The summed E-state index contributed by atoms with van der Waals surface area (Å²) in [5.74, 6) is -11.7. The molecule has 0 fully saturated rings. The molecule has 38 nitrogen and oxygen atoms in total. The molecule has 16 atom stereocenters. The van der Waals surface area contributed by atoms with Crippen LogP contribution in [0.2, 0.25) is 0 Å². The zero-order chi connectivity index (χ0) is 85.1. The third-order valence-electron chi connectivity index (χ3n) is 19.9. The number of guanidine groups is 3. The van der Waals surface area contributed by atoms with E-state index in [1.165, 1.54) is 0 Å². The van der Waals surface area contributed by atoms with Gasteiger partial charge in [0.05, 0.1) is 6.04 Å². The molecule has 1 aromatic carbocycles. The number of primary amides is 1. The second-order valence-electron chi connectivity index (χ2n) is 29.1. The Hall–Kier alpha value is -9.53. The summed E-state index contributed by atoms with van der Waals surface area (Å²) in [7, 11) is 0. The van der Waals surface area contributed by atoms with Crippen LogP contribution >= 0.6 is 0 Å². The van der Waals surface area contributed by atoms with E-state index in [1.54, 1.807) is 58.0 Å². The average molecular weight is 1600 g/mol. The van der Waals surface area contributed by atoms with E-state index in [4.69, 9.17) is 68.8 Å². The highest BCUT2D eigenvalue weighted by molar-refractivity contribution is 6.00. The molecule has 1 aromatic rings. The normalized spacial score (nSPS) is 15.4. The fraction of sp³-hybridized carbons (Fsp3) is 0.720. The Labute approximate surface area is 666 Å². The molecule has 0 aliphatic rings.